The van der Waals surface area contributed by atoms with Crippen LogP contribution in [0.25, 0.3) is 0 Å². The third-order valence-corrected chi connectivity index (χ3v) is 3.85. The number of amides is 2. The summed E-state index contributed by atoms with van der Waals surface area (Å²) >= 11 is 11.7. The van der Waals surface area contributed by atoms with Gasteiger partial charge in [-0.15, -0.1) is 0 Å². The number of hydrogen-bond donors (Lipinski definition) is 1. The Hall–Kier alpha value is -1.50. The van der Waals surface area contributed by atoms with E-state index in [0.29, 0.717) is 42.1 Å². The molecule has 8 heteroatoms. The monoisotopic (exact) mass is 360 g/mol. The molecule has 1 atom stereocenters. The van der Waals surface area contributed by atoms with Crippen LogP contribution in [0.1, 0.15) is 6.92 Å². The van der Waals surface area contributed by atoms with Crippen molar-refractivity contribution in [2.45, 2.75) is 13.0 Å². The number of nitrogens with zero attached hydrogens (tertiary/aromatic N) is 1. The number of ether oxygens (including phenoxy) is 2. The summed E-state index contributed by atoms with van der Waals surface area (Å²) in [6, 6.07) is 4.11. The molecule has 0 aromatic heterocycles. The Morgan fingerprint density at radius 2 is 2.04 bits per heavy atom. The minimum Gasteiger partial charge on any atom is -0.482 e. The average Bonchev–Trinajstić information content (AvgIpc) is 2.54. The van der Waals surface area contributed by atoms with Crippen LogP contribution in [0.4, 0.5) is 0 Å². The van der Waals surface area contributed by atoms with E-state index < -0.39 is 11.9 Å². The van der Waals surface area contributed by atoms with Gasteiger partial charge < -0.3 is 19.7 Å². The Morgan fingerprint density at radius 1 is 1.35 bits per heavy atom. The van der Waals surface area contributed by atoms with E-state index in [4.69, 9.17) is 32.7 Å². The Labute approximate surface area is 144 Å². The van der Waals surface area contributed by atoms with Gasteiger partial charge in [-0.25, -0.2) is 0 Å². The number of nitrogens with one attached hydrogen (secondary N) is 1. The van der Waals surface area contributed by atoms with Gasteiger partial charge >= 0.3 is 0 Å². The minimum atomic E-state index is -0.620. The molecule has 23 heavy (non-hydrogen) atoms. The van der Waals surface area contributed by atoms with Crippen LogP contribution in [0.5, 0.6) is 5.75 Å². The maximum absolute atomic E-state index is 12.2. The van der Waals surface area contributed by atoms with Gasteiger partial charge in [0.1, 0.15) is 11.8 Å². The number of rotatable bonds is 5. The molecule has 1 aliphatic rings. The number of hydrogen-bond acceptors (Lipinski definition) is 4. The molecule has 1 saturated heterocycles. The first kappa shape index (κ1) is 17.8. The molecule has 126 valence electrons. The fraction of sp³-hybridized carbons (Fsp3) is 0.467. The maximum atomic E-state index is 12.2. The highest BCUT2D eigenvalue weighted by Gasteiger charge is 2.23. The van der Waals surface area contributed by atoms with Crippen molar-refractivity contribution in [3.63, 3.8) is 0 Å². The van der Waals surface area contributed by atoms with Gasteiger partial charge in [0.15, 0.2) is 6.61 Å². The second kappa shape index (κ2) is 8.38. The molecule has 0 unspecified atom stereocenters. The number of carbonyl (C=O) groups is 2. The second-order valence-electron chi connectivity index (χ2n) is 5.09. The average molecular weight is 361 g/mol. The smallest absolute Gasteiger partial charge is 0.258 e. The summed E-state index contributed by atoms with van der Waals surface area (Å²) in [6.07, 6.45) is 0. The van der Waals surface area contributed by atoms with Gasteiger partial charge in [0.05, 0.1) is 18.2 Å². The molecule has 0 radical (unpaired) electrons. The molecule has 6 nitrogen and oxygen atoms in total. The molecule has 1 aromatic carbocycles. The molecular formula is C15H18Cl2N2O4. The van der Waals surface area contributed by atoms with Gasteiger partial charge in [-0.1, -0.05) is 23.2 Å². The first-order valence-electron chi connectivity index (χ1n) is 7.21. The molecule has 1 fully saturated rings. The van der Waals surface area contributed by atoms with Gasteiger partial charge in [0, 0.05) is 18.1 Å². The molecule has 1 aliphatic heterocycles. The van der Waals surface area contributed by atoms with Crippen molar-refractivity contribution < 1.29 is 19.1 Å². The Balaban J connectivity index is 1.80. The van der Waals surface area contributed by atoms with Crippen LogP contribution >= 0.6 is 23.2 Å². The van der Waals surface area contributed by atoms with E-state index in [2.05, 4.69) is 5.32 Å². The van der Waals surface area contributed by atoms with Crippen molar-refractivity contribution in [3.8, 4) is 5.75 Å². The van der Waals surface area contributed by atoms with Gasteiger partial charge in [0.2, 0.25) is 5.91 Å². The molecule has 0 saturated carbocycles. The molecule has 1 N–H and O–H groups in total. The predicted octanol–water partition coefficient (Wildman–Crippen LogP) is 1.74. The lowest BCUT2D eigenvalue weighted by atomic mass is 10.2. The zero-order valence-electron chi connectivity index (χ0n) is 12.7. The number of halogens is 2. The minimum absolute atomic E-state index is 0.133. The molecule has 2 rings (SSSR count). The molecule has 2 amide bonds. The van der Waals surface area contributed by atoms with Crippen molar-refractivity contribution in [3.05, 3.63) is 28.2 Å². The van der Waals surface area contributed by atoms with E-state index in [1.807, 2.05) is 0 Å². The SMILES string of the molecule is C[C@@H](NC(=O)COc1ccc(Cl)cc1Cl)C(=O)N1CCOCC1. The lowest BCUT2D eigenvalue weighted by Gasteiger charge is -2.29. The molecule has 1 aromatic rings. The van der Waals surface area contributed by atoms with Crippen LogP contribution in [-0.4, -0.2) is 55.7 Å². The Bertz CT molecular complexity index is 577. The molecule has 0 spiro atoms. The summed E-state index contributed by atoms with van der Waals surface area (Å²) in [4.78, 5) is 25.7. The van der Waals surface area contributed by atoms with E-state index in [1.165, 1.54) is 6.07 Å². The van der Waals surface area contributed by atoms with Crippen molar-refractivity contribution in [2.24, 2.45) is 0 Å². The highest BCUT2D eigenvalue weighted by molar-refractivity contribution is 6.35. The normalized spacial score (nSPS) is 15.9. The van der Waals surface area contributed by atoms with E-state index >= 15 is 0 Å². The Morgan fingerprint density at radius 3 is 2.70 bits per heavy atom. The van der Waals surface area contributed by atoms with Crippen LogP contribution in [0.2, 0.25) is 10.0 Å². The summed E-state index contributed by atoms with van der Waals surface area (Å²) in [5, 5.41) is 3.42. The third-order valence-electron chi connectivity index (χ3n) is 3.32. The highest BCUT2D eigenvalue weighted by Crippen LogP contribution is 2.27. The lowest BCUT2D eigenvalue weighted by molar-refractivity contribution is -0.139. The van der Waals surface area contributed by atoms with Crippen LogP contribution in [0, 0.1) is 0 Å². The fourth-order valence-electron chi connectivity index (χ4n) is 2.14. The first-order chi connectivity index (χ1) is 11.0. The topological polar surface area (TPSA) is 67.9 Å². The molecule has 0 bridgehead atoms. The standard InChI is InChI=1S/C15H18Cl2N2O4/c1-10(15(21)19-4-6-22-7-5-19)18-14(20)9-23-13-3-2-11(16)8-12(13)17/h2-3,8,10H,4-7,9H2,1H3,(H,18,20)/t10-/m1/s1. The van der Waals surface area contributed by atoms with E-state index in [0.717, 1.165) is 0 Å². The number of benzene rings is 1. The van der Waals surface area contributed by atoms with Crippen molar-refractivity contribution in [2.75, 3.05) is 32.9 Å². The van der Waals surface area contributed by atoms with Crippen LogP contribution in [0.3, 0.4) is 0 Å². The molecule has 1 heterocycles. The highest BCUT2D eigenvalue weighted by atomic mass is 35.5. The largest absolute Gasteiger partial charge is 0.482 e. The van der Waals surface area contributed by atoms with E-state index in [9.17, 15) is 9.59 Å². The summed E-state index contributed by atoms with van der Waals surface area (Å²) in [6.45, 7) is 3.52. The van der Waals surface area contributed by atoms with E-state index in [-0.39, 0.29) is 12.5 Å². The van der Waals surface area contributed by atoms with Gasteiger partial charge in [-0.2, -0.15) is 0 Å². The predicted molar refractivity (Wildman–Crippen MR) is 87.0 cm³/mol. The quantitative estimate of drug-likeness (QED) is 0.868. The van der Waals surface area contributed by atoms with Crippen LogP contribution in [0.15, 0.2) is 18.2 Å². The third kappa shape index (κ3) is 5.27. The van der Waals surface area contributed by atoms with Gasteiger partial charge in [-0.3, -0.25) is 9.59 Å². The van der Waals surface area contributed by atoms with E-state index in [1.54, 1.807) is 24.0 Å². The fourth-order valence-corrected chi connectivity index (χ4v) is 2.60. The summed E-state index contributed by atoms with van der Waals surface area (Å²) in [5.41, 5.74) is 0. The first-order valence-corrected chi connectivity index (χ1v) is 7.96. The van der Waals surface area contributed by atoms with Crippen molar-refractivity contribution in [1.29, 1.82) is 0 Å². The zero-order valence-corrected chi connectivity index (χ0v) is 14.2. The van der Waals surface area contributed by atoms with Gasteiger partial charge in [0.25, 0.3) is 5.91 Å². The van der Waals surface area contributed by atoms with Crippen molar-refractivity contribution >= 4 is 35.0 Å². The van der Waals surface area contributed by atoms with Gasteiger partial charge in [-0.05, 0) is 25.1 Å². The maximum Gasteiger partial charge on any atom is 0.258 e. The zero-order chi connectivity index (χ0) is 16.8. The van der Waals surface area contributed by atoms with Crippen LogP contribution in [-0.2, 0) is 14.3 Å². The molecule has 0 aliphatic carbocycles. The second-order valence-corrected chi connectivity index (χ2v) is 5.93. The van der Waals surface area contributed by atoms with Crippen molar-refractivity contribution in [1.82, 2.24) is 10.2 Å². The number of carbonyl (C=O) groups excluding carboxylic acids is 2. The summed E-state index contributed by atoms with van der Waals surface area (Å²) in [7, 11) is 0. The Kier molecular flexibility index (Phi) is 6.50. The lowest BCUT2D eigenvalue weighted by Crippen LogP contribution is -2.51. The number of morpholine rings is 1. The van der Waals surface area contributed by atoms with Crippen LogP contribution < -0.4 is 10.1 Å². The molecular weight excluding hydrogens is 343 g/mol. The summed E-state index contributed by atoms with van der Waals surface area (Å²) < 4.78 is 10.5. The summed E-state index contributed by atoms with van der Waals surface area (Å²) in [5.74, 6) is -0.172.